The standard InChI is InChI=1S/C11H12N4O3S/c1-15-11(12-13-14-15)19-10(16)7-4-8(17-2)6-9(5-7)18-3/h4-6H,1-3H3. The van der Waals surface area contributed by atoms with E-state index in [2.05, 4.69) is 15.5 Å². The Labute approximate surface area is 113 Å². The molecule has 0 saturated carbocycles. The second-order valence-electron chi connectivity index (χ2n) is 3.58. The summed E-state index contributed by atoms with van der Waals surface area (Å²) in [4.78, 5) is 12.1. The van der Waals surface area contributed by atoms with Crippen molar-refractivity contribution in [3.8, 4) is 11.5 Å². The molecule has 7 nitrogen and oxygen atoms in total. The fraction of sp³-hybridized carbons (Fsp3) is 0.273. The summed E-state index contributed by atoms with van der Waals surface area (Å²) in [5.41, 5.74) is 0.462. The van der Waals surface area contributed by atoms with Crippen LogP contribution in [0, 0.1) is 0 Å². The van der Waals surface area contributed by atoms with Crippen LogP contribution in [-0.4, -0.2) is 39.5 Å². The van der Waals surface area contributed by atoms with E-state index in [1.54, 1.807) is 25.2 Å². The Hall–Kier alpha value is -2.09. The van der Waals surface area contributed by atoms with Gasteiger partial charge in [0.25, 0.3) is 0 Å². The van der Waals surface area contributed by atoms with Crippen LogP contribution in [0.2, 0.25) is 0 Å². The number of thioether (sulfide) groups is 1. The van der Waals surface area contributed by atoms with Crippen molar-refractivity contribution in [2.24, 2.45) is 7.05 Å². The molecule has 0 amide bonds. The molecule has 0 unspecified atom stereocenters. The van der Waals surface area contributed by atoms with Crippen LogP contribution in [0.25, 0.3) is 0 Å². The summed E-state index contributed by atoms with van der Waals surface area (Å²) in [6.45, 7) is 0. The van der Waals surface area contributed by atoms with Gasteiger partial charge in [-0.1, -0.05) is 0 Å². The highest BCUT2D eigenvalue weighted by molar-refractivity contribution is 8.14. The van der Waals surface area contributed by atoms with Gasteiger partial charge in [0, 0.05) is 18.7 Å². The zero-order valence-electron chi connectivity index (χ0n) is 10.7. The summed E-state index contributed by atoms with van der Waals surface area (Å²) in [5, 5.41) is 11.1. The van der Waals surface area contributed by atoms with E-state index in [4.69, 9.17) is 9.47 Å². The fourth-order valence-corrected chi connectivity index (χ4v) is 2.02. The molecular formula is C11H12N4O3S. The average Bonchev–Trinajstić information content (AvgIpc) is 2.83. The van der Waals surface area contributed by atoms with Gasteiger partial charge < -0.3 is 9.47 Å². The first kappa shape index (κ1) is 13.3. The van der Waals surface area contributed by atoms with E-state index in [-0.39, 0.29) is 5.12 Å². The Morgan fingerprint density at radius 2 is 1.84 bits per heavy atom. The average molecular weight is 280 g/mol. The van der Waals surface area contributed by atoms with Crippen LogP contribution < -0.4 is 9.47 Å². The number of aryl methyl sites for hydroxylation is 1. The minimum Gasteiger partial charge on any atom is -0.497 e. The van der Waals surface area contributed by atoms with Crippen LogP contribution in [0.1, 0.15) is 10.4 Å². The molecule has 0 N–H and O–H groups in total. The highest BCUT2D eigenvalue weighted by Gasteiger charge is 2.15. The van der Waals surface area contributed by atoms with E-state index < -0.39 is 0 Å². The monoisotopic (exact) mass is 280 g/mol. The fourth-order valence-electron chi connectivity index (χ4n) is 1.37. The van der Waals surface area contributed by atoms with E-state index in [1.807, 2.05) is 0 Å². The van der Waals surface area contributed by atoms with E-state index in [0.717, 1.165) is 11.8 Å². The summed E-state index contributed by atoms with van der Waals surface area (Å²) in [6, 6.07) is 4.98. The van der Waals surface area contributed by atoms with Crippen LogP contribution in [-0.2, 0) is 7.05 Å². The third-order valence-electron chi connectivity index (χ3n) is 2.35. The largest absolute Gasteiger partial charge is 0.497 e. The van der Waals surface area contributed by atoms with Crippen molar-refractivity contribution in [2.75, 3.05) is 14.2 Å². The molecule has 8 heteroatoms. The second-order valence-corrected chi connectivity index (χ2v) is 4.52. The third kappa shape index (κ3) is 3.02. The quantitative estimate of drug-likeness (QED) is 0.777. The van der Waals surface area contributed by atoms with Crippen LogP contribution >= 0.6 is 11.8 Å². The van der Waals surface area contributed by atoms with E-state index in [0.29, 0.717) is 22.2 Å². The Morgan fingerprint density at radius 1 is 1.21 bits per heavy atom. The SMILES string of the molecule is COc1cc(OC)cc(C(=O)Sc2nnnn2C)c1. The summed E-state index contributed by atoms with van der Waals surface area (Å²) >= 11 is 0.945. The number of rotatable bonds is 4. The maximum atomic E-state index is 12.1. The van der Waals surface area contributed by atoms with Gasteiger partial charge in [-0.05, 0) is 34.3 Å². The van der Waals surface area contributed by atoms with Crippen molar-refractivity contribution >= 4 is 16.9 Å². The molecule has 2 rings (SSSR count). The van der Waals surface area contributed by atoms with E-state index in [1.165, 1.54) is 18.9 Å². The Bertz CT molecular complexity index is 577. The molecule has 0 atom stereocenters. The molecule has 2 aromatic rings. The number of aromatic nitrogens is 4. The lowest BCUT2D eigenvalue weighted by Gasteiger charge is -2.07. The van der Waals surface area contributed by atoms with Crippen molar-refractivity contribution in [2.45, 2.75) is 5.16 Å². The second kappa shape index (κ2) is 5.70. The van der Waals surface area contributed by atoms with Gasteiger partial charge in [0.05, 0.1) is 14.2 Å². The first-order chi connectivity index (χ1) is 9.13. The molecule has 0 fully saturated rings. The summed E-state index contributed by atoms with van der Waals surface area (Å²) in [7, 11) is 4.73. The van der Waals surface area contributed by atoms with Gasteiger partial charge in [-0.3, -0.25) is 4.79 Å². The highest BCUT2D eigenvalue weighted by Crippen LogP contribution is 2.27. The zero-order chi connectivity index (χ0) is 13.8. The van der Waals surface area contributed by atoms with Crippen molar-refractivity contribution in [3.05, 3.63) is 23.8 Å². The van der Waals surface area contributed by atoms with Crippen LogP contribution in [0.4, 0.5) is 0 Å². The molecule has 0 aliphatic carbocycles. The summed E-state index contributed by atoms with van der Waals surface area (Å²) in [6.07, 6.45) is 0. The summed E-state index contributed by atoms with van der Waals surface area (Å²) < 4.78 is 11.7. The molecule has 0 spiro atoms. The summed E-state index contributed by atoms with van der Waals surface area (Å²) in [5.74, 6) is 1.11. The number of hydrogen-bond acceptors (Lipinski definition) is 7. The molecule has 0 saturated heterocycles. The Balaban J connectivity index is 2.25. The molecule has 1 heterocycles. The van der Waals surface area contributed by atoms with Gasteiger partial charge >= 0.3 is 0 Å². The number of carbonyl (C=O) groups excluding carboxylic acids is 1. The Kier molecular flexibility index (Phi) is 4.00. The highest BCUT2D eigenvalue weighted by atomic mass is 32.2. The van der Waals surface area contributed by atoms with Gasteiger partial charge in [-0.15, -0.1) is 5.10 Å². The first-order valence-corrected chi connectivity index (χ1v) is 6.13. The predicted octanol–water partition coefficient (Wildman–Crippen LogP) is 1.16. The lowest BCUT2D eigenvalue weighted by atomic mass is 10.2. The molecule has 0 aliphatic heterocycles. The van der Waals surface area contributed by atoms with Gasteiger partial charge in [-0.25, -0.2) is 4.68 Å². The smallest absolute Gasteiger partial charge is 0.227 e. The number of tetrazole rings is 1. The topological polar surface area (TPSA) is 79.1 Å². The van der Waals surface area contributed by atoms with Crippen LogP contribution in [0.3, 0.4) is 0 Å². The predicted molar refractivity (Wildman–Crippen MR) is 68.5 cm³/mol. The minimum atomic E-state index is -0.185. The molecule has 1 aromatic carbocycles. The normalized spacial score (nSPS) is 10.3. The maximum absolute atomic E-state index is 12.1. The lowest BCUT2D eigenvalue weighted by Crippen LogP contribution is -2.00. The molecular weight excluding hydrogens is 268 g/mol. The molecule has 19 heavy (non-hydrogen) atoms. The number of methoxy groups -OCH3 is 2. The lowest BCUT2D eigenvalue weighted by molar-refractivity contribution is 0.108. The van der Waals surface area contributed by atoms with Gasteiger partial charge in [0.1, 0.15) is 11.5 Å². The molecule has 0 aliphatic rings. The van der Waals surface area contributed by atoms with Crippen LogP contribution in [0.5, 0.6) is 11.5 Å². The third-order valence-corrected chi connectivity index (χ3v) is 3.30. The van der Waals surface area contributed by atoms with Crippen LogP contribution in [0.15, 0.2) is 23.4 Å². The molecule has 1 aromatic heterocycles. The number of carbonyl (C=O) groups is 1. The van der Waals surface area contributed by atoms with Gasteiger partial charge in [0.15, 0.2) is 0 Å². The van der Waals surface area contributed by atoms with Crippen molar-refractivity contribution < 1.29 is 14.3 Å². The number of benzene rings is 1. The zero-order valence-corrected chi connectivity index (χ0v) is 11.5. The number of ether oxygens (including phenoxy) is 2. The van der Waals surface area contributed by atoms with E-state index in [9.17, 15) is 4.79 Å². The maximum Gasteiger partial charge on any atom is 0.227 e. The van der Waals surface area contributed by atoms with Gasteiger partial charge in [-0.2, -0.15) is 0 Å². The van der Waals surface area contributed by atoms with Gasteiger partial charge in [0.2, 0.25) is 10.3 Å². The van der Waals surface area contributed by atoms with Crippen molar-refractivity contribution in [1.29, 1.82) is 0 Å². The Morgan fingerprint density at radius 3 is 2.32 bits per heavy atom. The van der Waals surface area contributed by atoms with Crippen molar-refractivity contribution in [1.82, 2.24) is 20.2 Å². The molecule has 0 radical (unpaired) electrons. The number of nitrogens with zero attached hydrogens (tertiary/aromatic N) is 4. The minimum absolute atomic E-state index is 0.185. The van der Waals surface area contributed by atoms with E-state index >= 15 is 0 Å². The molecule has 0 bridgehead atoms. The van der Waals surface area contributed by atoms with Crippen molar-refractivity contribution in [3.63, 3.8) is 0 Å². The number of hydrogen-bond donors (Lipinski definition) is 0. The first-order valence-electron chi connectivity index (χ1n) is 5.31. The molecule has 100 valence electrons.